The van der Waals surface area contributed by atoms with Crippen LogP contribution >= 0.6 is 11.8 Å². The van der Waals surface area contributed by atoms with Crippen molar-refractivity contribution in [2.45, 2.75) is 45.4 Å². The Balaban J connectivity index is 1.88. The first-order chi connectivity index (χ1) is 5.93. The molecule has 0 atom stereocenters. The van der Waals surface area contributed by atoms with E-state index in [0.717, 1.165) is 5.75 Å². The Morgan fingerprint density at radius 3 is 2.83 bits per heavy atom. The van der Waals surface area contributed by atoms with Crippen molar-refractivity contribution in [2.24, 2.45) is 4.99 Å². The number of hydrogen-bond donors (Lipinski definition) is 0. The molecule has 0 aliphatic carbocycles. The van der Waals surface area contributed by atoms with Crippen LogP contribution in [0.4, 0.5) is 0 Å². The molecule has 69 valence electrons. The van der Waals surface area contributed by atoms with Gasteiger partial charge in [-0.15, -0.1) is 11.8 Å². The SMILES string of the molecule is CCCCCCCC1=N[CH]CS1. The van der Waals surface area contributed by atoms with Gasteiger partial charge in [0.25, 0.3) is 0 Å². The minimum absolute atomic E-state index is 1.10. The molecule has 0 aromatic carbocycles. The summed E-state index contributed by atoms with van der Waals surface area (Å²) < 4.78 is 0. The molecule has 12 heavy (non-hydrogen) atoms. The molecule has 0 fully saturated rings. The molecule has 0 bridgehead atoms. The monoisotopic (exact) mass is 184 g/mol. The molecule has 0 aromatic heterocycles. The minimum Gasteiger partial charge on any atom is -0.276 e. The van der Waals surface area contributed by atoms with Gasteiger partial charge in [0.05, 0.1) is 11.6 Å². The lowest BCUT2D eigenvalue weighted by Gasteiger charge is -1.99. The molecule has 1 nitrogen and oxygen atoms in total. The van der Waals surface area contributed by atoms with Crippen molar-refractivity contribution in [2.75, 3.05) is 5.75 Å². The summed E-state index contributed by atoms with van der Waals surface area (Å²) in [5.41, 5.74) is 0. The zero-order chi connectivity index (χ0) is 8.65. The van der Waals surface area contributed by atoms with Gasteiger partial charge in [-0.2, -0.15) is 0 Å². The van der Waals surface area contributed by atoms with Crippen molar-refractivity contribution in [3.05, 3.63) is 6.54 Å². The van der Waals surface area contributed by atoms with Crippen LogP contribution in [0.2, 0.25) is 0 Å². The van der Waals surface area contributed by atoms with Crippen LogP contribution < -0.4 is 0 Å². The Morgan fingerprint density at radius 2 is 2.17 bits per heavy atom. The smallest absolute Gasteiger partial charge is 0.0835 e. The lowest BCUT2D eigenvalue weighted by Crippen LogP contribution is -1.88. The summed E-state index contributed by atoms with van der Waals surface area (Å²) in [6.07, 6.45) is 8.06. The zero-order valence-corrected chi connectivity index (χ0v) is 8.70. The standard InChI is InChI=1S/C10H18NS/c1-2-3-4-5-6-7-10-11-8-9-12-10/h8H,2-7,9H2,1H3. The molecule has 1 aliphatic heterocycles. The Kier molecular flexibility index (Phi) is 5.50. The third-order valence-corrected chi connectivity index (χ3v) is 3.01. The predicted octanol–water partition coefficient (Wildman–Crippen LogP) is 3.65. The number of nitrogens with zero attached hydrogens (tertiary/aromatic N) is 1. The fraction of sp³-hybridized carbons (Fsp3) is 0.800. The van der Waals surface area contributed by atoms with Crippen molar-refractivity contribution < 1.29 is 0 Å². The molecule has 0 saturated carbocycles. The van der Waals surface area contributed by atoms with Crippen molar-refractivity contribution in [3.8, 4) is 0 Å². The number of aliphatic imine (C=N–C) groups is 1. The average Bonchev–Trinajstić information content (AvgIpc) is 2.57. The molecule has 1 radical (unpaired) electrons. The normalized spacial score (nSPS) is 16.6. The summed E-state index contributed by atoms with van der Waals surface area (Å²) in [5, 5.41) is 1.35. The van der Waals surface area contributed by atoms with Gasteiger partial charge in [-0.1, -0.05) is 32.6 Å². The maximum atomic E-state index is 4.31. The summed E-state index contributed by atoms with van der Waals surface area (Å²) in [7, 11) is 0. The van der Waals surface area contributed by atoms with E-state index in [4.69, 9.17) is 0 Å². The number of hydrogen-bond acceptors (Lipinski definition) is 2. The van der Waals surface area contributed by atoms with Gasteiger partial charge in [-0.25, -0.2) is 0 Å². The molecule has 1 rings (SSSR count). The van der Waals surface area contributed by atoms with Crippen LogP contribution in [0.5, 0.6) is 0 Å². The van der Waals surface area contributed by atoms with E-state index in [-0.39, 0.29) is 0 Å². The van der Waals surface area contributed by atoms with Gasteiger partial charge < -0.3 is 0 Å². The first kappa shape index (κ1) is 10.1. The van der Waals surface area contributed by atoms with Gasteiger partial charge in [0, 0.05) is 5.75 Å². The van der Waals surface area contributed by atoms with Gasteiger partial charge in [-0.05, 0) is 12.8 Å². The summed E-state index contributed by atoms with van der Waals surface area (Å²) in [4.78, 5) is 4.31. The summed E-state index contributed by atoms with van der Waals surface area (Å²) in [5.74, 6) is 1.10. The quantitative estimate of drug-likeness (QED) is 0.574. The number of unbranched alkanes of at least 4 members (excludes halogenated alkanes) is 4. The molecule has 0 saturated heterocycles. The molecule has 2 heteroatoms. The third kappa shape index (κ3) is 4.15. The topological polar surface area (TPSA) is 12.4 Å². The van der Waals surface area contributed by atoms with Crippen LogP contribution in [0, 0.1) is 6.54 Å². The molecule has 0 spiro atoms. The average molecular weight is 184 g/mol. The van der Waals surface area contributed by atoms with Gasteiger partial charge >= 0.3 is 0 Å². The lowest BCUT2D eigenvalue weighted by atomic mass is 10.1. The van der Waals surface area contributed by atoms with Crippen molar-refractivity contribution in [1.82, 2.24) is 0 Å². The summed E-state index contributed by atoms with van der Waals surface area (Å²) in [6.45, 7) is 4.28. The lowest BCUT2D eigenvalue weighted by molar-refractivity contribution is 0.644. The molecular formula is C10H18NS. The maximum absolute atomic E-state index is 4.31. The predicted molar refractivity (Wildman–Crippen MR) is 57.6 cm³/mol. The Bertz CT molecular complexity index is 143. The molecule has 1 heterocycles. The Hall–Kier alpha value is 0.0200. The maximum Gasteiger partial charge on any atom is 0.0835 e. The van der Waals surface area contributed by atoms with E-state index in [9.17, 15) is 0 Å². The van der Waals surface area contributed by atoms with Crippen LogP contribution in [0.25, 0.3) is 0 Å². The largest absolute Gasteiger partial charge is 0.276 e. The highest BCUT2D eigenvalue weighted by Gasteiger charge is 2.05. The van der Waals surface area contributed by atoms with E-state index in [2.05, 4.69) is 11.9 Å². The van der Waals surface area contributed by atoms with Gasteiger partial charge in [0.15, 0.2) is 0 Å². The number of rotatable bonds is 6. The first-order valence-corrected chi connectivity index (χ1v) is 5.93. The third-order valence-electron chi connectivity index (χ3n) is 2.05. The van der Waals surface area contributed by atoms with E-state index >= 15 is 0 Å². The van der Waals surface area contributed by atoms with Crippen LogP contribution in [0.15, 0.2) is 4.99 Å². The highest BCUT2D eigenvalue weighted by atomic mass is 32.2. The number of thioether (sulfide) groups is 1. The fourth-order valence-corrected chi connectivity index (χ4v) is 2.11. The van der Waals surface area contributed by atoms with Gasteiger partial charge in [0.1, 0.15) is 0 Å². The van der Waals surface area contributed by atoms with E-state index in [1.807, 2.05) is 18.3 Å². The summed E-state index contributed by atoms with van der Waals surface area (Å²) in [6, 6.07) is 0. The highest BCUT2D eigenvalue weighted by Crippen LogP contribution is 2.19. The van der Waals surface area contributed by atoms with E-state index in [0.29, 0.717) is 0 Å². The second-order valence-electron chi connectivity index (χ2n) is 3.18. The highest BCUT2D eigenvalue weighted by molar-refractivity contribution is 8.14. The Labute approximate surface area is 80.0 Å². The van der Waals surface area contributed by atoms with E-state index in [1.165, 1.54) is 43.6 Å². The first-order valence-electron chi connectivity index (χ1n) is 4.94. The van der Waals surface area contributed by atoms with Crippen LogP contribution in [-0.2, 0) is 0 Å². The van der Waals surface area contributed by atoms with Gasteiger partial charge in [-0.3, -0.25) is 4.99 Å². The van der Waals surface area contributed by atoms with Gasteiger partial charge in [0.2, 0.25) is 0 Å². The van der Waals surface area contributed by atoms with Crippen LogP contribution in [-0.4, -0.2) is 10.8 Å². The van der Waals surface area contributed by atoms with Crippen molar-refractivity contribution in [3.63, 3.8) is 0 Å². The van der Waals surface area contributed by atoms with E-state index < -0.39 is 0 Å². The second kappa shape index (κ2) is 6.53. The molecule has 0 amide bonds. The Morgan fingerprint density at radius 1 is 1.33 bits per heavy atom. The fourth-order valence-electron chi connectivity index (χ4n) is 1.33. The van der Waals surface area contributed by atoms with E-state index in [1.54, 1.807) is 0 Å². The molecule has 0 aromatic rings. The second-order valence-corrected chi connectivity index (χ2v) is 4.27. The molecule has 1 aliphatic rings. The van der Waals surface area contributed by atoms with Crippen molar-refractivity contribution in [1.29, 1.82) is 0 Å². The summed E-state index contributed by atoms with van der Waals surface area (Å²) >= 11 is 1.90. The molecule has 0 unspecified atom stereocenters. The molecule has 0 N–H and O–H groups in total. The van der Waals surface area contributed by atoms with Crippen LogP contribution in [0.1, 0.15) is 45.4 Å². The zero-order valence-electron chi connectivity index (χ0n) is 7.88. The molecular weight excluding hydrogens is 166 g/mol. The minimum atomic E-state index is 1.10. The van der Waals surface area contributed by atoms with Crippen molar-refractivity contribution >= 4 is 16.8 Å². The van der Waals surface area contributed by atoms with Crippen LogP contribution in [0.3, 0.4) is 0 Å².